The van der Waals surface area contributed by atoms with E-state index in [0.29, 0.717) is 5.56 Å². The average Bonchev–Trinajstić information content (AvgIpc) is 2.97. The van der Waals surface area contributed by atoms with Crippen LogP contribution in [0, 0.1) is 17.7 Å². The van der Waals surface area contributed by atoms with Gasteiger partial charge in [-0.3, -0.25) is 24.6 Å². The Morgan fingerprint density at radius 1 is 1.35 bits per heavy atom. The first-order valence-electron chi connectivity index (χ1n) is 7.24. The normalized spacial score (nSPS) is 33.0. The molecule has 1 aromatic rings. The molecule has 3 rings (SSSR count). The summed E-state index contributed by atoms with van der Waals surface area (Å²) in [6.07, 6.45) is 0. The summed E-state index contributed by atoms with van der Waals surface area (Å²) in [5, 5.41) is 3.04. The van der Waals surface area contributed by atoms with Crippen molar-refractivity contribution in [1.29, 1.82) is 0 Å². The second-order valence-corrected chi connectivity index (χ2v) is 6.11. The number of fused-ring (bicyclic) bond motifs is 1. The highest BCUT2D eigenvalue weighted by Gasteiger charge is 2.66. The standard InChI is InChI=1S/C16H17FN2O4/c1-16(15(22)23-3)11-10(13(20)19(2)14(11)21)12(18-16)8-5-4-6-9(17)7-8/h4-7,10-12,18H,1-3H3/t10-,11-,12-,16-/m0/s1. The van der Waals surface area contributed by atoms with Gasteiger partial charge in [-0.05, 0) is 24.6 Å². The van der Waals surface area contributed by atoms with Gasteiger partial charge < -0.3 is 4.74 Å². The van der Waals surface area contributed by atoms with Crippen molar-refractivity contribution in [1.82, 2.24) is 10.2 Å². The van der Waals surface area contributed by atoms with Crippen LogP contribution in [0.15, 0.2) is 24.3 Å². The number of nitrogens with zero attached hydrogens (tertiary/aromatic N) is 1. The first-order valence-corrected chi connectivity index (χ1v) is 7.24. The van der Waals surface area contributed by atoms with E-state index in [4.69, 9.17) is 4.74 Å². The lowest BCUT2D eigenvalue weighted by Gasteiger charge is -2.27. The third-order valence-electron chi connectivity index (χ3n) is 4.83. The minimum Gasteiger partial charge on any atom is -0.468 e. The van der Waals surface area contributed by atoms with Gasteiger partial charge in [0.25, 0.3) is 0 Å². The average molecular weight is 320 g/mol. The summed E-state index contributed by atoms with van der Waals surface area (Å²) < 4.78 is 18.4. The van der Waals surface area contributed by atoms with Crippen LogP contribution in [-0.2, 0) is 19.1 Å². The quantitative estimate of drug-likeness (QED) is 0.639. The van der Waals surface area contributed by atoms with E-state index in [9.17, 15) is 18.8 Å². The number of hydrogen-bond donors (Lipinski definition) is 1. The van der Waals surface area contributed by atoms with Crippen LogP contribution in [0.4, 0.5) is 4.39 Å². The molecule has 7 heteroatoms. The Labute approximate surface area is 132 Å². The predicted octanol–water partition coefficient (Wildman–Crippen LogP) is 0.633. The van der Waals surface area contributed by atoms with Crippen molar-refractivity contribution in [3.05, 3.63) is 35.6 Å². The van der Waals surface area contributed by atoms with Crippen molar-refractivity contribution in [2.75, 3.05) is 14.2 Å². The Bertz CT molecular complexity index is 707. The molecule has 1 N–H and O–H groups in total. The molecule has 2 aliphatic rings. The van der Waals surface area contributed by atoms with Gasteiger partial charge in [0, 0.05) is 13.1 Å². The van der Waals surface area contributed by atoms with Crippen molar-refractivity contribution in [2.24, 2.45) is 11.8 Å². The molecule has 2 saturated heterocycles. The number of carbonyl (C=O) groups excluding carboxylic acids is 3. The molecule has 23 heavy (non-hydrogen) atoms. The summed E-state index contributed by atoms with van der Waals surface area (Å²) in [5.41, 5.74) is -0.822. The summed E-state index contributed by atoms with van der Waals surface area (Å²) in [6.45, 7) is 1.54. The number of imide groups is 1. The number of esters is 1. The van der Waals surface area contributed by atoms with Crippen LogP contribution < -0.4 is 5.32 Å². The van der Waals surface area contributed by atoms with Crippen molar-refractivity contribution in [3.8, 4) is 0 Å². The highest BCUT2D eigenvalue weighted by Crippen LogP contribution is 2.48. The molecule has 2 aliphatic heterocycles. The summed E-state index contributed by atoms with van der Waals surface area (Å²) in [6, 6.07) is 5.15. The minimum atomic E-state index is -1.34. The molecule has 1 aromatic carbocycles. The molecule has 0 spiro atoms. The van der Waals surface area contributed by atoms with Crippen molar-refractivity contribution >= 4 is 17.8 Å². The van der Waals surface area contributed by atoms with Crippen LogP contribution in [0.25, 0.3) is 0 Å². The fraction of sp³-hybridized carbons (Fsp3) is 0.438. The van der Waals surface area contributed by atoms with E-state index < -0.39 is 41.1 Å². The van der Waals surface area contributed by atoms with Gasteiger partial charge >= 0.3 is 5.97 Å². The highest BCUT2D eigenvalue weighted by molar-refractivity contribution is 6.09. The Morgan fingerprint density at radius 3 is 2.65 bits per heavy atom. The number of hydrogen-bond acceptors (Lipinski definition) is 5. The lowest BCUT2D eigenvalue weighted by molar-refractivity contribution is -0.152. The molecule has 2 amide bonds. The van der Waals surface area contributed by atoms with Gasteiger partial charge in [-0.25, -0.2) is 4.39 Å². The topological polar surface area (TPSA) is 75.7 Å². The number of halogens is 1. The highest BCUT2D eigenvalue weighted by atomic mass is 19.1. The van der Waals surface area contributed by atoms with Gasteiger partial charge in [0.1, 0.15) is 11.4 Å². The zero-order valence-corrected chi connectivity index (χ0v) is 13.0. The SMILES string of the molecule is COC(=O)[C@@]1(C)N[C@@H](c2cccc(F)c2)[C@H]2C(=O)N(C)C(=O)[C@H]21. The van der Waals surface area contributed by atoms with Crippen molar-refractivity contribution in [3.63, 3.8) is 0 Å². The molecular weight excluding hydrogens is 303 g/mol. The molecule has 0 radical (unpaired) electrons. The van der Waals surface area contributed by atoms with Crippen LogP contribution >= 0.6 is 0 Å². The fourth-order valence-corrected chi connectivity index (χ4v) is 3.67. The number of nitrogens with one attached hydrogen (secondary N) is 1. The third-order valence-corrected chi connectivity index (χ3v) is 4.83. The van der Waals surface area contributed by atoms with Crippen molar-refractivity contribution in [2.45, 2.75) is 18.5 Å². The molecule has 122 valence electrons. The first-order chi connectivity index (χ1) is 10.8. The Kier molecular flexibility index (Phi) is 3.48. The molecule has 6 nitrogen and oxygen atoms in total. The smallest absolute Gasteiger partial charge is 0.326 e. The maximum absolute atomic E-state index is 13.6. The second kappa shape index (κ2) is 5.13. The molecule has 0 bridgehead atoms. The summed E-state index contributed by atoms with van der Waals surface area (Å²) in [4.78, 5) is 38.2. The van der Waals surface area contributed by atoms with Gasteiger partial charge in [-0.15, -0.1) is 0 Å². The number of ether oxygens (including phenoxy) is 1. The Balaban J connectivity index is 2.11. The third kappa shape index (κ3) is 2.07. The molecule has 0 aliphatic carbocycles. The lowest BCUT2D eigenvalue weighted by Crippen LogP contribution is -2.53. The Hall–Kier alpha value is -2.28. The largest absolute Gasteiger partial charge is 0.468 e. The van der Waals surface area contributed by atoms with Gasteiger partial charge in [0.2, 0.25) is 11.8 Å². The van der Waals surface area contributed by atoms with E-state index in [1.54, 1.807) is 13.0 Å². The maximum atomic E-state index is 13.6. The molecule has 2 heterocycles. The van der Waals surface area contributed by atoms with E-state index in [-0.39, 0.29) is 5.91 Å². The van der Waals surface area contributed by atoms with Gasteiger partial charge in [0.05, 0.1) is 18.9 Å². The molecule has 0 aromatic heterocycles. The molecule has 4 atom stereocenters. The number of methoxy groups -OCH3 is 1. The zero-order chi connectivity index (χ0) is 16.9. The molecule has 2 fully saturated rings. The molecule has 0 unspecified atom stereocenters. The van der Waals surface area contributed by atoms with Crippen LogP contribution in [0.1, 0.15) is 18.5 Å². The summed E-state index contributed by atoms with van der Waals surface area (Å²) in [7, 11) is 2.62. The number of rotatable bonds is 2. The van der Waals surface area contributed by atoms with E-state index in [1.807, 2.05) is 0 Å². The van der Waals surface area contributed by atoms with Crippen molar-refractivity contribution < 1.29 is 23.5 Å². The zero-order valence-electron chi connectivity index (χ0n) is 13.0. The van der Waals surface area contributed by atoms with Crippen LogP contribution in [0.5, 0.6) is 0 Å². The fourth-order valence-electron chi connectivity index (χ4n) is 3.67. The number of benzene rings is 1. The van der Waals surface area contributed by atoms with E-state index in [1.165, 1.54) is 32.4 Å². The first kappa shape index (κ1) is 15.6. The number of amides is 2. The summed E-state index contributed by atoms with van der Waals surface area (Å²) in [5.74, 6) is -3.52. The number of likely N-dealkylation sites (tertiary alicyclic amines) is 1. The van der Waals surface area contributed by atoms with Crippen LogP contribution in [0.3, 0.4) is 0 Å². The van der Waals surface area contributed by atoms with Gasteiger partial charge in [-0.1, -0.05) is 12.1 Å². The molecular formula is C16H17FN2O4. The minimum absolute atomic E-state index is 0.380. The molecule has 0 saturated carbocycles. The second-order valence-electron chi connectivity index (χ2n) is 6.11. The lowest BCUT2D eigenvalue weighted by atomic mass is 9.80. The van der Waals surface area contributed by atoms with Gasteiger partial charge in [-0.2, -0.15) is 0 Å². The van der Waals surface area contributed by atoms with Crippen LogP contribution in [0.2, 0.25) is 0 Å². The number of carbonyl (C=O) groups is 3. The van der Waals surface area contributed by atoms with E-state index in [0.717, 1.165) is 4.90 Å². The Morgan fingerprint density at radius 2 is 2.04 bits per heavy atom. The maximum Gasteiger partial charge on any atom is 0.326 e. The monoisotopic (exact) mass is 320 g/mol. The van der Waals surface area contributed by atoms with Crippen LogP contribution in [-0.4, -0.2) is 42.4 Å². The van der Waals surface area contributed by atoms with E-state index in [2.05, 4.69) is 5.32 Å². The van der Waals surface area contributed by atoms with Gasteiger partial charge in [0.15, 0.2) is 0 Å². The van der Waals surface area contributed by atoms with E-state index >= 15 is 0 Å². The predicted molar refractivity (Wildman–Crippen MR) is 77.5 cm³/mol. The summed E-state index contributed by atoms with van der Waals surface area (Å²) >= 11 is 0.